The molecule has 3 nitrogen and oxygen atoms in total. The van der Waals surface area contributed by atoms with E-state index in [2.05, 4.69) is 6.58 Å². The van der Waals surface area contributed by atoms with Crippen LogP contribution in [0.1, 0.15) is 13.3 Å². The Morgan fingerprint density at radius 3 is 2.44 bits per heavy atom. The van der Waals surface area contributed by atoms with Crippen molar-refractivity contribution in [3.05, 3.63) is 12.2 Å². The molecule has 0 spiro atoms. The molecule has 0 fully saturated rings. The van der Waals surface area contributed by atoms with Gasteiger partial charge in [-0.05, 0) is 13.3 Å². The highest BCUT2D eigenvalue weighted by molar-refractivity contribution is 5.71. The first-order chi connectivity index (χ1) is 4.04. The summed E-state index contributed by atoms with van der Waals surface area (Å²) in [4.78, 5) is 9.96. The van der Waals surface area contributed by atoms with Crippen LogP contribution in [-0.2, 0) is 4.79 Å². The second kappa shape index (κ2) is 3.25. The zero-order chi connectivity index (χ0) is 7.44. The SMILES string of the molecule is C=C(C)CC(N)C(=O)[O-]. The van der Waals surface area contributed by atoms with E-state index in [0.29, 0.717) is 6.42 Å². The molecule has 0 aliphatic rings. The van der Waals surface area contributed by atoms with Crippen LogP contribution in [0.5, 0.6) is 0 Å². The van der Waals surface area contributed by atoms with Crippen molar-refractivity contribution in [1.82, 2.24) is 0 Å². The monoisotopic (exact) mass is 128 g/mol. The molecule has 1 unspecified atom stereocenters. The van der Waals surface area contributed by atoms with Crippen LogP contribution in [0.3, 0.4) is 0 Å². The third-order valence-electron chi connectivity index (χ3n) is 0.871. The van der Waals surface area contributed by atoms with Gasteiger partial charge in [-0.2, -0.15) is 0 Å². The fourth-order valence-corrected chi connectivity index (χ4v) is 0.459. The van der Waals surface area contributed by atoms with Gasteiger partial charge in [-0.3, -0.25) is 0 Å². The Kier molecular flexibility index (Phi) is 2.95. The van der Waals surface area contributed by atoms with Crippen LogP contribution >= 0.6 is 0 Å². The Labute approximate surface area is 54.2 Å². The predicted molar refractivity (Wildman–Crippen MR) is 32.4 cm³/mol. The van der Waals surface area contributed by atoms with Crippen molar-refractivity contribution in [3.8, 4) is 0 Å². The molecule has 2 N–H and O–H groups in total. The summed E-state index contributed by atoms with van der Waals surface area (Å²) in [5, 5.41) is 9.96. The van der Waals surface area contributed by atoms with Gasteiger partial charge in [-0.25, -0.2) is 0 Å². The molecule has 0 aliphatic heterocycles. The fraction of sp³-hybridized carbons (Fsp3) is 0.500. The van der Waals surface area contributed by atoms with Crippen molar-refractivity contribution in [1.29, 1.82) is 0 Å². The maximum absolute atomic E-state index is 9.96. The van der Waals surface area contributed by atoms with Crippen LogP contribution in [0.4, 0.5) is 0 Å². The van der Waals surface area contributed by atoms with Gasteiger partial charge in [0.2, 0.25) is 0 Å². The van der Waals surface area contributed by atoms with E-state index in [0.717, 1.165) is 5.57 Å². The number of nitrogens with two attached hydrogens (primary N) is 1. The van der Waals surface area contributed by atoms with Gasteiger partial charge in [0.05, 0.1) is 5.97 Å². The highest BCUT2D eigenvalue weighted by Crippen LogP contribution is 1.97. The molecule has 1 atom stereocenters. The molecular weight excluding hydrogens is 118 g/mol. The minimum absolute atomic E-state index is 0.294. The van der Waals surface area contributed by atoms with Crippen LogP contribution in [0.15, 0.2) is 12.2 Å². The average Bonchev–Trinajstić information content (AvgIpc) is 1.63. The van der Waals surface area contributed by atoms with Gasteiger partial charge < -0.3 is 15.6 Å². The molecule has 0 aromatic rings. The van der Waals surface area contributed by atoms with Crippen molar-refractivity contribution >= 4 is 5.97 Å². The number of hydrogen-bond acceptors (Lipinski definition) is 3. The molecule has 0 saturated heterocycles. The highest BCUT2D eigenvalue weighted by Gasteiger charge is 2.01. The highest BCUT2D eigenvalue weighted by atomic mass is 16.4. The standard InChI is InChI=1S/C6H11NO2/c1-4(2)3-5(7)6(8)9/h5H,1,3,7H2,2H3,(H,8,9)/p-1. The number of hydrogen-bond donors (Lipinski definition) is 1. The van der Waals surface area contributed by atoms with Crippen molar-refractivity contribution in [2.75, 3.05) is 0 Å². The molecular formula is C6H10NO2-. The molecule has 0 aliphatic carbocycles. The van der Waals surface area contributed by atoms with Gasteiger partial charge in [0.25, 0.3) is 0 Å². The Morgan fingerprint density at radius 2 is 2.33 bits per heavy atom. The summed E-state index contributed by atoms with van der Waals surface area (Å²) in [6, 6.07) is -0.900. The van der Waals surface area contributed by atoms with Crippen molar-refractivity contribution < 1.29 is 9.90 Å². The van der Waals surface area contributed by atoms with Crippen LogP contribution in [-0.4, -0.2) is 12.0 Å². The van der Waals surface area contributed by atoms with Crippen molar-refractivity contribution in [3.63, 3.8) is 0 Å². The van der Waals surface area contributed by atoms with E-state index in [4.69, 9.17) is 5.73 Å². The van der Waals surface area contributed by atoms with E-state index in [1.165, 1.54) is 0 Å². The summed E-state index contributed by atoms with van der Waals surface area (Å²) < 4.78 is 0. The van der Waals surface area contributed by atoms with Crippen molar-refractivity contribution in [2.24, 2.45) is 5.73 Å². The number of carboxylic acid groups (broad SMARTS) is 1. The number of aliphatic carboxylic acids is 1. The van der Waals surface area contributed by atoms with E-state index in [1.807, 2.05) is 0 Å². The normalized spacial score (nSPS) is 12.7. The Hall–Kier alpha value is -0.830. The lowest BCUT2D eigenvalue weighted by Gasteiger charge is -2.10. The molecule has 52 valence electrons. The number of rotatable bonds is 3. The zero-order valence-corrected chi connectivity index (χ0v) is 5.39. The maximum atomic E-state index is 9.96. The average molecular weight is 128 g/mol. The minimum Gasteiger partial charge on any atom is -0.548 e. The first-order valence-electron chi connectivity index (χ1n) is 2.65. The molecule has 3 heteroatoms. The van der Waals surface area contributed by atoms with Crippen LogP contribution in [0.2, 0.25) is 0 Å². The lowest BCUT2D eigenvalue weighted by Crippen LogP contribution is -2.41. The fourth-order valence-electron chi connectivity index (χ4n) is 0.459. The summed E-state index contributed by atoms with van der Waals surface area (Å²) >= 11 is 0. The summed E-state index contributed by atoms with van der Waals surface area (Å²) in [6.07, 6.45) is 0.294. The van der Waals surface area contributed by atoms with Gasteiger partial charge in [-0.1, -0.05) is 5.57 Å². The van der Waals surface area contributed by atoms with E-state index in [1.54, 1.807) is 6.92 Å². The van der Waals surface area contributed by atoms with Crippen LogP contribution in [0, 0.1) is 0 Å². The van der Waals surface area contributed by atoms with E-state index < -0.39 is 12.0 Å². The number of carbonyl (C=O) groups is 1. The topological polar surface area (TPSA) is 66.2 Å². The van der Waals surface area contributed by atoms with Gasteiger partial charge in [0, 0.05) is 6.04 Å². The molecule has 0 radical (unpaired) electrons. The van der Waals surface area contributed by atoms with Crippen molar-refractivity contribution in [2.45, 2.75) is 19.4 Å². The Balaban J connectivity index is 3.63. The molecule has 0 bridgehead atoms. The quantitative estimate of drug-likeness (QED) is 0.497. The smallest absolute Gasteiger partial charge is 0.0585 e. The summed E-state index contributed by atoms with van der Waals surface area (Å²) in [6.45, 7) is 5.23. The zero-order valence-electron chi connectivity index (χ0n) is 5.39. The summed E-state index contributed by atoms with van der Waals surface area (Å²) in [5.41, 5.74) is 5.85. The molecule has 0 aromatic carbocycles. The third-order valence-corrected chi connectivity index (χ3v) is 0.871. The van der Waals surface area contributed by atoms with E-state index in [-0.39, 0.29) is 0 Å². The molecule has 0 heterocycles. The summed E-state index contributed by atoms with van der Waals surface area (Å²) in [7, 11) is 0. The Bertz CT molecular complexity index is 131. The lowest BCUT2D eigenvalue weighted by molar-refractivity contribution is -0.307. The number of carbonyl (C=O) groups excluding carboxylic acids is 1. The predicted octanol–water partition coefficient (Wildman–Crippen LogP) is -0.970. The Morgan fingerprint density at radius 1 is 1.89 bits per heavy atom. The van der Waals surface area contributed by atoms with Gasteiger partial charge >= 0.3 is 0 Å². The van der Waals surface area contributed by atoms with E-state index >= 15 is 0 Å². The number of carboxylic acids is 1. The van der Waals surface area contributed by atoms with Crippen LogP contribution < -0.4 is 10.8 Å². The minimum atomic E-state index is -1.22. The molecule has 0 aromatic heterocycles. The van der Waals surface area contributed by atoms with Gasteiger partial charge in [-0.15, -0.1) is 6.58 Å². The largest absolute Gasteiger partial charge is 0.548 e. The molecule has 0 rings (SSSR count). The molecule has 9 heavy (non-hydrogen) atoms. The first kappa shape index (κ1) is 8.17. The maximum Gasteiger partial charge on any atom is 0.0585 e. The lowest BCUT2D eigenvalue weighted by atomic mass is 10.1. The second-order valence-corrected chi connectivity index (χ2v) is 2.09. The van der Waals surface area contributed by atoms with E-state index in [9.17, 15) is 9.90 Å². The molecule has 0 saturated carbocycles. The first-order valence-corrected chi connectivity index (χ1v) is 2.65. The third kappa shape index (κ3) is 3.73. The van der Waals surface area contributed by atoms with Crippen LogP contribution in [0.25, 0.3) is 0 Å². The molecule has 0 amide bonds. The van der Waals surface area contributed by atoms with Gasteiger partial charge in [0.15, 0.2) is 0 Å². The van der Waals surface area contributed by atoms with Gasteiger partial charge in [0.1, 0.15) is 0 Å². The second-order valence-electron chi connectivity index (χ2n) is 2.09. The summed E-state index contributed by atoms with van der Waals surface area (Å²) in [5.74, 6) is -1.22.